The van der Waals surface area contributed by atoms with E-state index in [1.807, 2.05) is 0 Å². The molecule has 0 aliphatic rings. The molecular formula is C23H15F3O4. The summed E-state index contributed by atoms with van der Waals surface area (Å²) < 4.78 is 48.8. The molecule has 152 valence electrons. The van der Waals surface area contributed by atoms with Crippen LogP contribution in [-0.4, -0.2) is 17.7 Å². The highest BCUT2D eigenvalue weighted by molar-refractivity contribution is 5.88. The second-order valence-electron chi connectivity index (χ2n) is 6.08. The molecule has 0 saturated heterocycles. The molecule has 30 heavy (non-hydrogen) atoms. The van der Waals surface area contributed by atoms with Gasteiger partial charge in [-0.05, 0) is 54.6 Å². The average Bonchev–Trinajstić information content (AvgIpc) is 2.71. The zero-order valence-corrected chi connectivity index (χ0v) is 15.4. The van der Waals surface area contributed by atoms with Gasteiger partial charge in [0.1, 0.15) is 23.9 Å². The maximum absolute atomic E-state index is 12.5. The molecule has 0 radical (unpaired) electrons. The van der Waals surface area contributed by atoms with E-state index in [4.69, 9.17) is 14.6 Å². The summed E-state index contributed by atoms with van der Waals surface area (Å²) in [6, 6.07) is 17.3. The topological polar surface area (TPSA) is 55.8 Å². The summed E-state index contributed by atoms with van der Waals surface area (Å²) in [6.07, 6.45) is -4.38. The van der Waals surface area contributed by atoms with Gasteiger partial charge in [-0.15, -0.1) is 0 Å². The Morgan fingerprint density at radius 2 is 1.53 bits per heavy atom. The maximum Gasteiger partial charge on any atom is 0.416 e. The Hall–Kier alpha value is -3.92. The minimum absolute atomic E-state index is 0.0268. The van der Waals surface area contributed by atoms with Crippen molar-refractivity contribution in [3.8, 4) is 29.1 Å². The summed E-state index contributed by atoms with van der Waals surface area (Å²) in [5, 5.41) is 9.03. The van der Waals surface area contributed by atoms with E-state index in [0.29, 0.717) is 22.8 Å². The van der Waals surface area contributed by atoms with Gasteiger partial charge in [-0.3, -0.25) is 0 Å². The van der Waals surface area contributed by atoms with E-state index in [2.05, 4.69) is 11.8 Å². The largest absolute Gasteiger partial charge is 0.481 e. The molecule has 3 rings (SSSR count). The van der Waals surface area contributed by atoms with Crippen LogP contribution in [0.5, 0.6) is 17.2 Å². The third-order valence-corrected chi connectivity index (χ3v) is 3.88. The first-order valence-electron chi connectivity index (χ1n) is 8.71. The molecule has 0 fully saturated rings. The highest BCUT2D eigenvalue weighted by Gasteiger charge is 2.29. The van der Waals surface area contributed by atoms with Crippen molar-refractivity contribution < 1.29 is 32.5 Å². The second kappa shape index (κ2) is 9.05. The van der Waals surface area contributed by atoms with E-state index in [1.54, 1.807) is 36.4 Å². The van der Waals surface area contributed by atoms with Gasteiger partial charge in [0.25, 0.3) is 0 Å². The van der Waals surface area contributed by atoms with Crippen molar-refractivity contribution in [3.63, 3.8) is 0 Å². The fraction of sp³-hybridized carbons (Fsp3) is 0.0870. The van der Waals surface area contributed by atoms with Crippen LogP contribution in [0.25, 0.3) is 0 Å². The van der Waals surface area contributed by atoms with E-state index in [0.717, 1.165) is 12.1 Å². The average molecular weight is 412 g/mol. The lowest BCUT2D eigenvalue weighted by Crippen LogP contribution is -2.04. The van der Waals surface area contributed by atoms with E-state index in [9.17, 15) is 18.0 Å². The van der Waals surface area contributed by atoms with Gasteiger partial charge >= 0.3 is 12.1 Å². The predicted molar refractivity (Wildman–Crippen MR) is 104 cm³/mol. The van der Waals surface area contributed by atoms with Crippen LogP contribution in [0.3, 0.4) is 0 Å². The molecule has 4 nitrogen and oxygen atoms in total. The Labute approximate surface area is 170 Å². The summed E-state index contributed by atoms with van der Waals surface area (Å²) in [4.78, 5) is 11.0. The lowest BCUT2D eigenvalue weighted by atomic mass is 10.1. The molecule has 7 heteroatoms. The van der Waals surface area contributed by atoms with Crippen LogP contribution in [0, 0.1) is 11.8 Å². The van der Waals surface area contributed by atoms with E-state index in [1.165, 1.54) is 24.3 Å². The second-order valence-corrected chi connectivity index (χ2v) is 6.08. The van der Waals surface area contributed by atoms with Crippen molar-refractivity contribution in [2.45, 2.75) is 6.18 Å². The molecule has 0 atom stereocenters. The number of aromatic carboxylic acids is 1. The predicted octanol–water partition coefficient (Wildman–Crippen LogP) is 5.63. The van der Waals surface area contributed by atoms with Crippen LogP contribution < -0.4 is 9.47 Å². The van der Waals surface area contributed by atoms with E-state index < -0.39 is 17.7 Å². The number of hydrogen-bond donors (Lipinski definition) is 1. The van der Waals surface area contributed by atoms with Gasteiger partial charge in [-0.2, -0.15) is 13.2 Å². The number of alkyl halides is 3. The Balaban J connectivity index is 1.59. The monoisotopic (exact) mass is 412 g/mol. The first kappa shape index (κ1) is 20.8. The molecule has 0 spiro atoms. The van der Waals surface area contributed by atoms with Crippen molar-refractivity contribution in [3.05, 3.63) is 89.5 Å². The summed E-state index contributed by atoms with van der Waals surface area (Å²) in [6.45, 7) is 0.0268. The van der Waals surface area contributed by atoms with Crippen molar-refractivity contribution in [2.75, 3.05) is 6.61 Å². The minimum Gasteiger partial charge on any atom is -0.481 e. The lowest BCUT2D eigenvalue weighted by Gasteiger charge is -2.08. The zero-order chi connectivity index (χ0) is 21.6. The van der Waals surface area contributed by atoms with E-state index in [-0.39, 0.29) is 12.2 Å². The lowest BCUT2D eigenvalue weighted by molar-refractivity contribution is -0.137. The molecular weight excluding hydrogens is 397 g/mol. The number of benzene rings is 3. The SMILES string of the molecule is O=C(O)c1cccc(Oc2cccc(OCC#Cc3ccc(C(F)(F)F)cc3)c2)c1. The Kier molecular flexibility index (Phi) is 6.28. The van der Waals surface area contributed by atoms with Gasteiger partial charge in [-0.1, -0.05) is 24.0 Å². The van der Waals surface area contributed by atoms with Crippen molar-refractivity contribution in [1.82, 2.24) is 0 Å². The Morgan fingerprint density at radius 3 is 2.20 bits per heavy atom. The molecule has 0 saturated carbocycles. The number of carboxylic acid groups (broad SMARTS) is 1. The molecule has 3 aromatic carbocycles. The van der Waals surface area contributed by atoms with Crippen molar-refractivity contribution >= 4 is 5.97 Å². The number of carboxylic acids is 1. The molecule has 0 heterocycles. The summed E-state index contributed by atoms with van der Waals surface area (Å²) in [5.41, 5.74) is -0.171. The first-order chi connectivity index (χ1) is 14.3. The molecule has 0 unspecified atom stereocenters. The van der Waals surface area contributed by atoms with Gasteiger partial charge in [0, 0.05) is 11.6 Å². The molecule has 3 aromatic rings. The number of ether oxygens (including phenoxy) is 2. The van der Waals surface area contributed by atoms with Crippen LogP contribution in [0.4, 0.5) is 13.2 Å². The number of halogens is 3. The standard InChI is InChI=1S/C23H15F3O4/c24-23(25,26)18-11-9-16(10-12-18)4-3-13-29-19-6-2-8-21(15-19)30-20-7-1-5-17(14-20)22(27)28/h1-2,5-12,14-15H,13H2,(H,27,28). The fourth-order valence-electron chi connectivity index (χ4n) is 2.46. The van der Waals surface area contributed by atoms with Gasteiger partial charge in [-0.25, -0.2) is 4.79 Å². The van der Waals surface area contributed by atoms with Crippen LogP contribution in [0.15, 0.2) is 72.8 Å². The molecule has 0 bridgehead atoms. The Bertz CT molecular complexity index is 1090. The molecule has 0 aromatic heterocycles. The molecule has 0 amide bonds. The highest BCUT2D eigenvalue weighted by atomic mass is 19.4. The number of hydrogen-bond acceptors (Lipinski definition) is 3. The van der Waals surface area contributed by atoms with Crippen LogP contribution in [-0.2, 0) is 6.18 Å². The van der Waals surface area contributed by atoms with Gasteiger partial charge in [0.2, 0.25) is 0 Å². The van der Waals surface area contributed by atoms with E-state index >= 15 is 0 Å². The van der Waals surface area contributed by atoms with Gasteiger partial charge in [0.15, 0.2) is 0 Å². The highest BCUT2D eigenvalue weighted by Crippen LogP contribution is 2.29. The van der Waals surface area contributed by atoms with Crippen LogP contribution in [0.2, 0.25) is 0 Å². The third kappa shape index (κ3) is 5.79. The molecule has 0 aliphatic carbocycles. The normalized spacial score (nSPS) is 10.6. The number of carbonyl (C=O) groups is 1. The molecule has 0 aliphatic heterocycles. The summed E-state index contributed by atoms with van der Waals surface area (Å²) >= 11 is 0. The van der Waals surface area contributed by atoms with Crippen molar-refractivity contribution in [2.24, 2.45) is 0 Å². The first-order valence-corrected chi connectivity index (χ1v) is 8.71. The van der Waals surface area contributed by atoms with Gasteiger partial charge in [0.05, 0.1) is 11.1 Å². The van der Waals surface area contributed by atoms with Crippen LogP contribution >= 0.6 is 0 Å². The summed E-state index contributed by atoms with van der Waals surface area (Å²) in [5.74, 6) is 5.72. The fourth-order valence-corrected chi connectivity index (χ4v) is 2.46. The smallest absolute Gasteiger partial charge is 0.416 e. The Morgan fingerprint density at radius 1 is 0.900 bits per heavy atom. The maximum atomic E-state index is 12.5. The zero-order valence-electron chi connectivity index (χ0n) is 15.4. The number of rotatable bonds is 5. The summed E-state index contributed by atoms with van der Waals surface area (Å²) in [7, 11) is 0. The quantitative estimate of drug-likeness (QED) is 0.552. The third-order valence-electron chi connectivity index (χ3n) is 3.88. The minimum atomic E-state index is -4.38. The van der Waals surface area contributed by atoms with Crippen LogP contribution in [0.1, 0.15) is 21.5 Å². The van der Waals surface area contributed by atoms with Crippen molar-refractivity contribution in [1.29, 1.82) is 0 Å². The van der Waals surface area contributed by atoms with Gasteiger partial charge < -0.3 is 14.6 Å². The molecule has 1 N–H and O–H groups in total.